The first-order valence-corrected chi connectivity index (χ1v) is 7.57. The lowest BCUT2D eigenvalue weighted by atomic mass is 10.2. The van der Waals surface area contributed by atoms with Gasteiger partial charge < -0.3 is 20.3 Å². The van der Waals surface area contributed by atoms with Crippen LogP contribution in [0.4, 0.5) is 11.4 Å². The number of nitrogens with one attached hydrogen (secondary N) is 2. The molecule has 0 aromatic heterocycles. The number of rotatable bonds is 10. The maximum absolute atomic E-state index is 12.1. The molecule has 1 amide bonds. The van der Waals surface area contributed by atoms with Crippen molar-refractivity contribution in [2.45, 2.75) is 6.92 Å². The summed E-state index contributed by atoms with van der Waals surface area (Å²) in [5.74, 6) is -0.205. The molecular weight excluding hydrogens is 290 g/mol. The SMILES string of the molecule is C=C/C=C(\OC=C)C(=O)Nc1ccc(N(CC)CCNC)cc1. The van der Waals surface area contributed by atoms with Crippen LogP contribution in [-0.4, -0.2) is 32.6 Å². The highest BCUT2D eigenvalue weighted by molar-refractivity contribution is 6.02. The quantitative estimate of drug-likeness (QED) is 0.396. The summed E-state index contributed by atoms with van der Waals surface area (Å²) >= 11 is 0. The minimum absolute atomic E-state index is 0.142. The number of amides is 1. The first-order chi connectivity index (χ1) is 11.2. The maximum atomic E-state index is 12.1. The van der Waals surface area contributed by atoms with Crippen molar-refractivity contribution in [2.75, 3.05) is 36.9 Å². The van der Waals surface area contributed by atoms with E-state index in [0.717, 1.165) is 25.3 Å². The fraction of sp³-hybridized carbons (Fsp3) is 0.278. The number of hydrogen-bond donors (Lipinski definition) is 2. The zero-order chi connectivity index (χ0) is 17.1. The van der Waals surface area contributed by atoms with Gasteiger partial charge in [0.2, 0.25) is 0 Å². The largest absolute Gasteiger partial charge is 0.460 e. The molecule has 0 saturated carbocycles. The third-order valence-electron chi connectivity index (χ3n) is 3.21. The molecule has 0 aliphatic heterocycles. The minimum Gasteiger partial charge on any atom is -0.460 e. The van der Waals surface area contributed by atoms with Gasteiger partial charge in [-0.1, -0.05) is 19.2 Å². The number of carbonyl (C=O) groups is 1. The Hall–Kier alpha value is -2.53. The average molecular weight is 315 g/mol. The van der Waals surface area contributed by atoms with Crippen LogP contribution in [0.5, 0.6) is 0 Å². The highest BCUT2D eigenvalue weighted by atomic mass is 16.5. The van der Waals surface area contributed by atoms with Gasteiger partial charge in [-0.15, -0.1) is 0 Å². The van der Waals surface area contributed by atoms with Crippen molar-refractivity contribution in [3.05, 3.63) is 61.6 Å². The van der Waals surface area contributed by atoms with Crippen LogP contribution < -0.4 is 15.5 Å². The fourth-order valence-electron chi connectivity index (χ4n) is 2.03. The Labute approximate surface area is 138 Å². The number of carbonyl (C=O) groups excluding carboxylic acids is 1. The molecule has 0 spiro atoms. The molecule has 0 heterocycles. The summed E-state index contributed by atoms with van der Waals surface area (Å²) in [5, 5.41) is 5.92. The molecule has 0 bridgehead atoms. The summed E-state index contributed by atoms with van der Waals surface area (Å²) in [6.07, 6.45) is 4.18. The van der Waals surface area contributed by atoms with E-state index in [2.05, 4.69) is 35.6 Å². The normalized spacial score (nSPS) is 10.8. The molecule has 0 radical (unpaired) electrons. The Balaban J connectivity index is 2.76. The Bertz CT molecular complexity index is 550. The third-order valence-corrected chi connectivity index (χ3v) is 3.21. The lowest BCUT2D eigenvalue weighted by molar-refractivity contribution is -0.115. The number of anilines is 2. The van der Waals surface area contributed by atoms with E-state index >= 15 is 0 Å². The molecule has 1 aromatic carbocycles. The highest BCUT2D eigenvalue weighted by Crippen LogP contribution is 2.18. The molecule has 2 N–H and O–H groups in total. The van der Waals surface area contributed by atoms with Crippen LogP contribution in [0.15, 0.2) is 61.6 Å². The topological polar surface area (TPSA) is 53.6 Å². The van der Waals surface area contributed by atoms with Crippen LogP contribution in [0.25, 0.3) is 0 Å². The van der Waals surface area contributed by atoms with Gasteiger partial charge in [0.25, 0.3) is 5.91 Å². The highest BCUT2D eigenvalue weighted by Gasteiger charge is 2.10. The molecule has 124 valence electrons. The fourth-order valence-corrected chi connectivity index (χ4v) is 2.03. The summed E-state index contributed by atoms with van der Waals surface area (Å²) in [4.78, 5) is 14.3. The molecule has 0 unspecified atom stereocenters. The monoisotopic (exact) mass is 315 g/mol. The number of ether oxygens (including phenoxy) is 1. The van der Waals surface area contributed by atoms with Gasteiger partial charge in [0.05, 0.1) is 6.26 Å². The van der Waals surface area contributed by atoms with Gasteiger partial charge in [0.1, 0.15) is 0 Å². The molecular formula is C18H25N3O2. The summed E-state index contributed by atoms with van der Waals surface area (Å²) < 4.78 is 5.07. The van der Waals surface area contributed by atoms with Crippen molar-refractivity contribution in [3.63, 3.8) is 0 Å². The number of allylic oxidation sites excluding steroid dienone is 2. The zero-order valence-corrected chi connectivity index (χ0v) is 13.8. The predicted molar refractivity (Wildman–Crippen MR) is 96.4 cm³/mol. The van der Waals surface area contributed by atoms with Gasteiger partial charge in [-0.25, -0.2) is 0 Å². The van der Waals surface area contributed by atoms with E-state index in [9.17, 15) is 4.79 Å². The van der Waals surface area contributed by atoms with E-state index < -0.39 is 0 Å². The predicted octanol–water partition coefficient (Wildman–Crippen LogP) is 2.90. The van der Waals surface area contributed by atoms with Crippen molar-refractivity contribution in [3.8, 4) is 0 Å². The third kappa shape index (κ3) is 6.00. The molecule has 0 fully saturated rings. The Morgan fingerprint density at radius 1 is 1.30 bits per heavy atom. The lowest BCUT2D eigenvalue weighted by Gasteiger charge is -2.23. The standard InChI is InChI=1S/C18H25N3O2/c1-5-8-17(23-7-3)18(22)20-15-9-11-16(12-10-15)21(6-2)14-13-19-4/h5,7-12,19H,1,3,6,13-14H2,2,4H3,(H,20,22)/b17-8-. The van der Waals surface area contributed by atoms with E-state index in [4.69, 9.17) is 4.74 Å². The number of hydrogen-bond acceptors (Lipinski definition) is 4. The van der Waals surface area contributed by atoms with Gasteiger partial charge in [-0.2, -0.15) is 0 Å². The Morgan fingerprint density at radius 3 is 2.52 bits per heavy atom. The van der Waals surface area contributed by atoms with E-state index in [-0.39, 0.29) is 11.7 Å². The van der Waals surface area contributed by atoms with Crippen molar-refractivity contribution in [2.24, 2.45) is 0 Å². The van der Waals surface area contributed by atoms with Crippen molar-refractivity contribution in [1.29, 1.82) is 0 Å². The summed E-state index contributed by atoms with van der Waals surface area (Å²) in [6.45, 7) is 11.9. The second kappa shape index (κ2) is 10.2. The molecule has 23 heavy (non-hydrogen) atoms. The van der Waals surface area contributed by atoms with Gasteiger partial charge in [0, 0.05) is 31.0 Å². The van der Waals surface area contributed by atoms with Crippen molar-refractivity contribution < 1.29 is 9.53 Å². The second-order valence-corrected chi connectivity index (χ2v) is 4.74. The van der Waals surface area contributed by atoms with Crippen LogP contribution in [0.2, 0.25) is 0 Å². The number of nitrogens with zero attached hydrogens (tertiary/aromatic N) is 1. The number of likely N-dealkylation sites (N-methyl/N-ethyl adjacent to an activating group) is 2. The molecule has 5 heteroatoms. The molecule has 0 saturated heterocycles. The van der Waals surface area contributed by atoms with Crippen LogP contribution in [0.1, 0.15) is 6.92 Å². The summed E-state index contributed by atoms with van der Waals surface area (Å²) in [7, 11) is 1.94. The molecule has 0 atom stereocenters. The average Bonchev–Trinajstić information content (AvgIpc) is 2.56. The van der Waals surface area contributed by atoms with Crippen LogP contribution >= 0.6 is 0 Å². The van der Waals surface area contributed by atoms with E-state index in [1.165, 1.54) is 18.4 Å². The van der Waals surface area contributed by atoms with Gasteiger partial charge >= 0.3 is 0 Å². The van der Waals surface area contributed by atoms with E-state index in [1.54, 1.807) is 0 Å². The van der Waals surface area contributed by atoms with E-state index in [0.29, 0.717) is 5.69 Å². The summed E-state index contributed by atoms with van der Waals surface area (Å²) in [5.41, 5.74) is 1.82. The summed E-state index contributed by atoms with van der Waals surface area (Å²) in [6, 6.07) is 7.71. The first kappa shape index (κ1) is 18.5. The van der Waals surface area contributed by atoms with Crippen molar-refractivity contribution in [1.82, 2.24) is 5.32 Å². The molecule has 1 rings (SSSR count). The molecule has 0 aliphatic rings. The number of benzene rings is 1. The molecule has 1 aromatic rings. The van der Waals surface area contributed by atoms with Crippen LogP contribution in [-0.2, 0) is 9.53 Å². The van der Waals surface area contributed by atoms with Gasteiger partial charge in [0.15, 0.2) is 5.76 Å². The maximum Gasteiger partial charge on any atom is 0.291 e. The Morgan fingerprint density at radius 2 is 2.00 bits per heavy atom. The Kier molecular flexibility index (Phi) is 8.24. The molecule has 0 aliphatic carbocycles. The minimum atomic E-state index is -0.347. The first-order valence-electron chi connectivity index (χ1n) is 7.57. The van der Waals surface area contributed by atoms with Crippen molar-refractivity contribution >= 4 is 17.3 Å². The van der Waals surface area contributed by atoms with Crippen LogP contribution in [0, 0.1) is 0 Å². The van der Waals surface area contributed by atoms with Gasteiger partial charge in [-0.3, -0.25) is 4.79 Å². The smallest absolute Gasteiger partial charge is 0.291 e. The molecule has 5 nitrogen and oxygen atoms in total. The second-order valence-electron chi connectivity index (χ2n) is 4.74. The van der Waals surface area contributed by atoms with E-state index in [1.807, 2.05) is 31.3 Å². The van der Waals surface area contributed by atoms with Gasteiger partial charge in [-0.05, 0) is 44.3 Å². The lowest BCUT2D eigenvalue weighted by Crippen LogP contribution is -2.30. The zero-order valence-electron chi connectivity index (χ0n) is 13.8. The van der Waals surface area contributed by atoms with Crippen LogP contribution in [0.3, 0.4) is 0 Å².